The van der Waals surface area contributed by atoms with Crippen LogP contribution in [0.5, 0.6) is 5.75 Å². The molecule has 0 bridgehead atoms. The van der Waals surface area contributed by atoms with Crippen LogP contribution in [-0.2, 0) is 13.1 Å². The predicted molar refractivity (Wildman–Crippen MR) is 97.8 cm³/mol. The number of halogens is 1. The van der Waals surface area contributed by atoms with Crippen molar-refractivity contribution in [2.75, 3.05) is 7.11 Å². The Kier molecular flexibility index (Phi) is 4.05. The van der Waals surface area contributed by atoms with Gasteiger partial charge in [-0.3, -0.25) is 4.90 Å². The van der Waals surface area contributed by atoms with Crippen LogP contribution in [0.2, 0.25) is 5.02 Å². The molecule has 7 heteroatoms. The summed E-state index contributed by atoms with van der Waals surface area (Å²) in [5.74, 6) is 0.693. The lowest BCUT2D eigenvalue weighted by Crippen LogP contribution is -2.23. The summed E-state index contributed by atoms with van der Waals surface area (Å²) < 4.78 is 7.31. The molecule has 4 rings (SSSR count). The second-order valence-electron chi connectivity index (χ2n) is 6.00. The molecule has 1 amide bonds. The lowest BCUT2D eigenvalue weighted by atomic mass is 10.1. The van der Waals surface area contributed by atoms with E-state index in [2.05, 4.69) is 0 Å². The monoisotopic (exact) mass is 369 g/mol. The van der Waals surface area contributed by atoms with Crippen LogP contribution in [0.15, 0.2) is 48.5 Å². The fraction of sp³-hybridized carbons (Fsp3) is 0.158. The zero-order chi connectivity index (χ0) is 18.3. The van der Waals surface area contributed by atoms with E-state index in [0.29, 0.717) is 17.3 Å². The lowest BCUT2D eigenvalue weighted by molar-refractivity contribution is 0.144. The number of rotatable bonds is 3. The Bertz CT molecular complexity index is 982. The van der Waals surface area contributed by atoms with Gasteiger partial charge in [0.1, 0.15) is 11.4 Å². The summed E-state index contributed by atoms with van der Waals surface area (Å²) in [6.07, 6.45) is -0.950. The van der Waals surface area contributed by atoms with E-state index in [4.69, 9.17) is 21.4 Å². The summed E-state index contributed by atoms with van der Waals surface area (Å²) in [4.78, 5) is 12.7. The highest BCUT2D eigenvalue weighted by Gasteiger charge is 2.31. The molecule has 132 valence electrons. The van der Waals surface area contributed by atoms with Gasteiger partial charge in [-0.05, 0) is 24.3 Å². The number of benzene rings is 2. The molecule has 1 N–H and O–H groups in total. The number of hydrogen-bond donors (Lipinski definition) is 1. The Morgan fingerprint density at radius 3 is 2.58 bits per heavy atom. The van der Waals surface area contributed by atoms with Crippen LogP contribution in [0.3, 0.4) is 0 Å². The molecule has 0 fully saturated rings. The minimum absolute atomic E-state index is 0.271. The van der Waals surface area contributed by atoms with Gasteiger partial charge in [0.25, 0.3) is 0 Å². The Morgan fingerprint density at radius 1 is 1.15 bits per heavy atom. The van der Waals surface area contributed by atoms with E-state index in [9.17, 15) is 9.90 Å². The Labute approximate surface area is 155 Å². The molecule has 26 heavy (non-hydrogen) atoms. The SMILES string of the molecule is COc1ccccc1-n1nc2c(c1-c1ccc(Cl)cc1)CN(C(=O)O)C2. The Morgan fingerprint density at radius 2 is 1.88 bits per heavy atom. The molecular formula is C19H16ClN3O3. The first-order valence-corrected chi connectivity index (χ1v) is 8.44. The van der Waals surface area contributed by atoms with Gasteiger partial charge in [-0.25, -0.2) is 9.48 Å². The summed E-state index contributed by atoms with van der Waals surface area (Å²) in [6.45, 7) is 0.575. The number of nitrogens with zero attached hydrogens (tertiary/aromatic N) is 3. The Balaban J connectivity index is 1.92. The quantitative estimate of drug-likeness (QED) is 0.751. The van der Waals surface area contributed by atoms with E-state index < -0.39 is 6.09 Å². The molecule has 1 aliphatic rings. The maximum absolute atomic E-state index is 11.4. The van der Waals surface area contributed by atoms with E-state index in [1.807, 2.05) is 53.2 Å². The number of ether oxygens (including phenoxy) is 1. The molecule has 0 atom stereocenters. The van der Waals surface area contributed by atoms with Crippen molar-refractivity contribution in [2.45, 2.75) is 13.1 Å². The normalized spacial score (nSPS) is 12.9. The fourth-order valence-corrected chi connectivity index (χ4v) is 3.36. The van der Waals surface area contributed by atoms with Gasteiger partial charge in [0, 0.05) is 16.1 Å². The third-order valence-electron chi connectivity index (χ3n) is 4.46. The highest BCUT2D eigenvalue weighted by atomic mass is 35.5. The average Bonchev–Trinajstić information content (AvgIpc) is 3.20. The van der Waals surface area contributed by atoms with Gasteiger partial charge in [0.15, 0.2) is 0 Å². The molecule has 2 heterocycles. The van der Waals surface area contributed by atoms with Crippen molar-refractivity contribution in [1.29, 1.82) is 0 Å². The first kappa shape index (κ1) is 16.5. The van der Waals surface area contributed by atoms with Gasteiger partial charge in [-0.2, -0.15) is 5.10 Å². The molecule has 2 aromatic carbocycles. The molecule has 3 aromatic rings. The van der Waals surface area contributed by atoms with Crippen molar-refractivity contribution in [3.63, 3.8) is 0 Å². The van der Waals surface area contributed by atoms with E-state index >= 15 is 0 Å². The second-order valence-corrected chi connectivity index (χ2v) is 6.44. The first-order valence-electron chi connectivity index (χ1n) is 8.06. The van der Waals surface area contributed by atoms with Crippen LogP contribution in [0.25, 0.3) is 16.9 Å². The molecule has 6 nitrogen and oxygen atoms in total. The van der Waals surface area contributed by atoms with Crippen LogP contribution in [0.1, 0.15) is 11.3 Å². The van der Waals surface area contributed by atoms with E-state index in [1.165, 1.54) is 4.90 Å². The van der Waals surface area contributed by atoms with Gasteiger partial charge < -0.3 is 9.84 Å². The van der Waals surface area contributed by atoms with Crippen LogP contribution < -0.4 is 4.74 Å². The van der Waals surface area contributed by atoms with Gasteiger partial charge in [0.05, 0.1) is 31.6 Å². The molecule has 1 aliphatic heterocycles. The van der Waals surface area contributed by atoms with Crippen LogP contribution in [0, 0.1) is 0 Å². The van der Waals surface area contributed by atoms with Crippen molar-refractivity contribution in [1.82, 2.24) is 14.7 Å². The third kappa shape index (κ3) is 2.68. The average molecular weight is 370 g/mol. The minimum Gasteiger partial charge on any atom is -0.494 e. The lowest BCUT2D eigenvalue weighted by Gasteiger charge is -2.15. The van der Waals surface area contributed by atoms with E-state index in [-0.39, 0.29) is 6.54 Å². The highest BCUT2D eigenvalue weighted by Crippen LogP contribution is 2.37. The number of carboxylic acid groups (broad SMARTS) is 1. The summed E-state index contributed by atoms with van der Waals surface area (Å²) in [5.41, 5.74) is 4.23. The van der Waals surface area contributed by atoms with Gasteiger partial charge in [0.2, 0.25) is 0 Å². The molecule has 0 saturated heterocycles. The summed E-state index contributed by atoms with van der Waals surface area (Å²) in [7, 11) is 1.62. The van der Waals surface area contributed by atoms with Crippen molar-refractivity contribution in [3.8, 4) is 22.7 Å². The van der Waals surface area contributed by atoms with Crippen molar-refractivity contribution >= 4 is 17.7 Å². The predicted octanol–water partition coefficient (Wildman–Crippen LogP) is 4.19. The first-order chi connectivity index (χ1) is 12.6. The number of fused-ring (bicyclic) bond motifs is 1. The number of carbonyl (C=O) groups is 1. The minimum atomic E-state index is -0.950. The summed E-state index contributed by atoms with van der Waals surface area (Å²) in [6, 6.07) is 15.1. The number of para-hydroxylation sites is 2. The zero-order valence-corrected chi connectivity index (χ0v) is 14.8. The van der Waals surface area contributed by atoms with Crippen molar-refractivity contribution < 1.29 is 14.6 Å². The van der Waals surface area contributed by atoms with Crippen LogP contribution >= 0.6 is 11.6 Å². The van der Waals surface area contributed by atoms with E-state index in [1.54, 1.807) is 7.11 Å². The summed E-state index contributed by atoms with van der Waals surface area (Å²) in [5, 5.41) is 14.7. The van der Waals surface area contributed by atoms with Gasteiger partial charge in [-0.1, -0.05) is 35.9 Å². The van der Waals surface area contributed by atoms with Crippen molar-refractivity contribution in [3.05, 3.63) is 64.8 Å². The van der Waals surface area contributed by atoms with Gasteiger partial charge in [-0.15, -0.1) is 0 Å². The van der Waals surface area contributed by atoms with Crippen molar-refractivity contribution in [2.24, 2.45) is 0 Å². The summed E-state index contributed by atoms with van der Waals surface area (Å²) >= 11 is 6.03. The molecule has 0 radical (unpaired) electrons. The third-order valence-corrected chi connectivity index (χ3v) is 4.71. The smallest absolute Gasteiger partial charge is 0.407 e. The topological polar surface area (TPSA) is 67.6 Å². The van der Waals surface area contributed by atoms with Crippen LogP contribution in [-0.4, -0.2) is 33.0 Å². The molecule has 0 saturated carbocycles. The zero-order valence-electron chi connectivity index (χ0n) is 14.0. The molecule has 0 spiro atoms. The number of hydrogen-bond acceptors (Lipinski definition) is 3. The standard InChI is InChI=1S/C19H16ClN3O3/c1-26-17-5-3-2-4-16(17)23-18(12-6-8-13(20)9-7-12)14-10-22(19(24)25)11-15(14)21-23/h2-9H,10-11H2,1H3,(H,24,25). The van der Waals surface area contributed by atoms with E-state index in [0.717, 1.165) is 28.2 Å². The number of methoxy groups -OCH3 is 1. The Hall–Kier alpha value is -2.99. The molecule has 0 unspecified atom stereocenters. The highest BCUT2D eigenvalue weighted by molar-refractivity contribution is 6.30. The maximum Gasteiger partial charge on any atom is 0.407 e. The molecule has 0 aliphatic carbocycles. The van der Waals surface area contributed by atoms with Gasteiger partial charge >= 0.3 is 6.09 Å². The maximum atomic E-state index is 11.4. The second kappa shape index (κ2) is 6.38. The number of amides is 1. The van der Waals surface area contributed by atoms with Crippen LogP contribution in [0.4, 0.5) is 4.79 Å². The largest absolute Gasteiger partial charge is 0.494 e. The molecule has 1 aromatic heterocycles. The molecular weight excluding hydrogens is 354 g/mol. The fourth-order valence-electron chi connectivity index (χ4n) is 3.23. The number of aromatic nitrogens is 2.